The van der Waals surface area contributed by atoms with Crippen LogP contribution in [0.15, 0.2) is 30.3 Å². The summed E-state index contributed by atoms with van der Waals surface area (Å²) in [6, 6.07) is 10.6. The van der Waals surface area contributed by atoms with Crippen molar-refractivity contribution in [2.75, 3.05) is 0 Å². The van der Waals surface area contributed by atoms with Crippen LogP contribution in [0.25, 0.3) is 0 Å². The van der Waals surface area contributed by atoms with Gasteiger partial charge in [-0.05, 0) is 0 Å². The van der Waals surface area contributed by atoms with E-state index in [2.05, 4.69) is 44.0 Å². The van der Waals surface area contributed by atoms with Crippen molar-refractivity contribution in [1.29, 1.82) is 0 Å². The van der Waals surface area contributed by atoms with E-state index in [0.717, 1.165) is 0 Å². The van der Waals surface area contributed by atoms with Crippen LogP contribution in [0.2, 0.25) is 0 Å². The summed E-state index contributed by atoms with van der Waals surface area (Å²) in [6.07, 6.45) is 0. The van der Waals surface area contributed by atoms with E-state index in [0.29, 0.717) is 0 Å². The van der Waals surface area contributed by atoms with Gasteiger partial charge in [-0.3, -0.25) is 0 Å². The Morgan fingerprint density at radius 1 is 1.11 bits per heavy atom. The third-order valence-electron chi connectivity index (χ3n) is 0.997. The van der Waals surface area contributed by atoms with Crippen molar-refractivity contribution in [2.45, 2.75) is 0 Å². The number of rotatable bonds is 1. The molecule has 0 heterocycles. The first-order valence-electron chi connectivity index (χ1n) is 2.53. The fourth-order valence-electron chi connectivity index (χ4n) is 0.567. The number of hydrogen-bond donors (Lipinski definition) is 0. The molecule has 0 nitrogen and oxygen atoms in total. The molecule has 0 aliphatic carbocycles. The number of hydrogen-bond acceptors (Lipinski definition) is 0. The van der Waals surface area contributed by atoms with Crippen LogP contribution in [0.1, 0.15) is 0 Å². The van der Waals surface area contributed by atoms with Gasteiger partial charge in [-0.15, -0.1) is 17.0 Å². The molecule has 9 heavy (non-hydrogen) atoms. The molecule has 0 aliphatic heterocycles. The van der Waals surface area contributed by atoms with Gasteiger partial charge in [-0.1, -0.05) is 0 Å². The molecule has 0 aromatic heterocycles. The van der Waals surface area contributed by atoms with E-state index in [-0.39, 0.29) is 17.0 Å². The summed E-state index contributed by atoms with van der Waals surface area (Å²) in [5.41, 5.74) is 0. The van der Waals surface area contributed by atoms with E-state index in [1.54, 1.807) is 0 Å². The summed E-state index contributed by atoms with van der Waals surface area (Å²) >= 11 is 3.08. The second-order valence-corrected chi connectivity index (χ2v) is 6.81. The Morgan fingerprint density at radius 3 is 2.00 bits per heavy atom. The molecule has 0 fully saturated rings. The summed E-state index contributed by atoms with van der Waals surface area (Å²) in [7, 11) is 0. The molecule has 0 atom stereocenters. The molecule has 0 unspecified atom stereocenters. The molecule has 0 radical (unpaired) electrons. The molecule has 0 saturated carbocycles. The zero-order valence-electron chi connectivity index (χ0n) is 4.88. The van der Waals surface area contributed by atoms with Crippen LogP contribution >= 0.6 is 30.6 Å². The van der Waals surface area contributed by atoms with E-state index in [1.807, 2.05) is 0 Å². The molecule has 0 spiro atoms. The van der Waals surface area contributed by atoms with Gasteiger partial charge in [0.05, 0.1) is 0 Å². The van der Waals surface area contributed by atoms with E-state index >= 15 is 0 Å². The van der Waals surface area contributed by atoms with Crippen molar-refractivity contribution < 1.29 is 15.2 Å². The van der Waals surface area contributed by atoms with Crippen LogP contribution in [-0.2, 0) is 15.2 Å². The minimum absolute atomic E-state index is 0. The standard InChI is InChI=1S/C6H5.2BrH.Zn/c1-2-4-6-5-3-1;;;/h1-5H;2*1H;/q;;;+1/p-1. The summed E-state index contributed by atoms with van der Waals surface area (Å²) in [5.74, 6) is 0. The van der Waals surface area contributed by atoms with E-state index in [1.165, 1.54) is 4.16 Å². The zero-order valence-corrected chi connectivity index (χ0v) is 11.1. The predicted octanol–water partition coefficient (Wildman–Crippen LogP) is 2.28. The predicted molar refractivity (Wildman–Crippen MR) is 45.3 cm³/mol. The SMILES string of the molecule is Br.[Br][Zn][c]1ccccc1. The first-order chi connectivity index (χ1) is 3.93. The van der Waals surface area contributed by atoms with Crippen molar-refractivity contribution >= 4 is 34.8 Å². The Morgan fingerprint density at radius 2 is 1.67 bits per heavy atom. The van der Waals surface area contributed by atoms with Gasteiger partial charge in [0, 0.05) is 0 Å². The maximum absolute atomic E-state index is 3.54. The van der Waals surface area contributed by atoms with E-state index in [9.17, 15) is 0 Å². The average molecular weight is 303 g/mol. The third-order valence-corrected chi connectivity index (χ3v) is 6.00. The van der Waals surface area contributed by atoms with Gasteiger partial charge >= 0.3 is 63.3 Å². The van der Waals surface area contributed by atoms with E-state index in [4.69, 9.17) is 0 Å². The molecule has 0 amide bonds. The van der Waals surface area contributed by atoms with Gasteiger partial charge in [0.2, 0.25) is 0 Å². The van der Waals surface area contributed by atoms with Gasteiger partial charge in [0.15, 0.2) is 0 Å². The van der Waals surface area contributed by atoms with Crippen LogP contribution in [0.3, 0.4) is 0 Å². The second-order valence-electron chi connectivity index (χ2n) is 1.62. The van der Waals surface area contributed by atoms with Crippen molar-refractivity contribution in [3.05, 3.63) is 30.3 Å². The van der Waals surface area contributed by atoms with Crippen molar-refractivity contribution in [2.24, 2.45) is 0 Å². The zero-order chi connectivity index (χ0) is 5.82. The Bertz CT molecular complexity index is 152. The van der Waals surface area contributed by atoms with Crippen molar-refractivity contribution in [3.63, 3.8) is 0 Å². The molecular formula is C6H6Br2Zn. The molecule has 0 bridgehead atoms. The van der Waals surface area contributed by atoms with Gasteiger partial charge in [0.25, 0.3) is 0 Å². The second kappa shape index (κ2) is 5.58. The molecule has 0 N–H and O–H groups in total. The molecular weight excluding hydrogens is 297 g/mol. The Labute approximate surface area is 79.8 Å². The molecule has 46 valence electrons. The Kier molecular flexibility index (Phi) is 6.08. The molecule has 1 aromatic rings. The third kappa shape index (κ3) is 3.49. The Hall–Kier alpha value is 0.803. The van der Waals surface area contributed by atoms with Gasteiger partial charge in [0.1, 0.15) is 0 Å². The molecule has 1 aromatic carbocycles. The minimum atomic E-state index is -0.463. The summed E-state index contributed by atoms with van der Waals surface area (Å²) in [6.45, 7) is 0. The van der Waals surface area contributed by atoms with E-state index < -0.39 is 15.2 Å². The normalized spacial score (nSPS) is 7.22. The van der Waals surface area contributed by atoms with Crippen LogP contribution < -0.4 is 4.16 Å². The molecule has 0 saturated heterocycles. The van der Waals surface area contributed by atoms with Gasteiger partial charge in [-0.25, -0.2) is 0 Å². The molecule has 0 aliphatic rings. The summed E-state index contributed by atoms with van der Waals surface area (Å²) in [4.78, 5) is 0. The van der Waals surface area contributed by atoms with Crippen LogP contribution in [0, 0.1) is 0 Å². The first-order valence-corrected chi connectivity index (χ1v) is 11.0. The molecule has 1 rings (SSSR count). The Balaban J connectivity index is 0.000000640. The first kappa shape index (κ1) is 9.80. The fourth-order valence-corrected chi connectivity index (χ4v) is 3.45. The maximum atomic E-state index is 3.54. The summed E-state index contributed by atoms with van der Waals surface area (Å²) < 4.78 is 1.51. The van der Waals surface area contributed by atoms with Gasteiger partial charge < -0.3 is 0 Å². The molecule has 3 heteroatoms. The van der Waals surface area contributed by atoms with Crippen molar-refractivity contribution in [1.82, 2.24) is 0 Å². The van der Waals surface area contributed by atoms with Crippen molar-refractivity contribution in [3.8, 4) is 0 Å². The topological polar surface area (TPSA) is 0 Å². The summed E-state index contributed by atoms with van der Waals surface area (Å²) in [5, 5.41) is 0. The number of benzene rings is 1. The quantitative estimate of drug-likeness (QED) is 0.698. The van der Waals surface area contributed by atoms with Gasteiger partial charge in [-0.2, -0.15) is 0 Å². The number of halogens is 2. The fraction of sp³-hybridized carbons (Fsp3) is 0. The van der Waals surface area contributed by atoms with Crippen LogP contribution in [-0.4, -0.2) is 0 Å². The average Bonchev–Trinajstić information content (AvgIpc) is 1.90. The van der Waals surface area contributed by atoms with Crippen LogP contribution in [0.5, 0.6) is 0 Å². The van der Waals surface area contributed by atoms with Crippen LogP contribution in [0.4, 0.5) is 0 Å². The monoisotopic (exact) mass is 300 g/mol.